The average molecular weight is 288 g/mol. The summed E-state index contributed by atoms with van der Waals surface area (Å²) < 4.78 is 2.02. The van der Waals surface area contributed by atoms with Gasteiger partial charge in [0.15, 0.2) is 8.24 Å². The summed E-state index contributed by atoms with van der Waals surface area (Å²) in [5.74, 6) is -0.0489. The van der Waals surface area contributed by atoms with Crippen LogP contribution in [-0.2, 0) is 9.59 Å². The van der Waals surface area contributed by atoms with E-state index < -0.39 is 8.24 Å². The lowest BCUT2D eigenvalue weighted by molar-refractivity contribution is -0.126. The number of hydrogen-bond donors (Lipinski definition) is 0. The van der Waals surface area contributed by atoms with E-state index in [1.807, 2.05) is 35.0 Å². The molecular formula is C15H20N2O2Si. The van der Waals surface area contributed by atoms with Crippen LogP contribution in [0.15, 0.2) is 35.4 Å². The van der Waals surface area contributed by atoms with Gasteiger partial charge in [-0.3, -0.25) is 14.3 Å². The first kappa shape index (κ1) is 14.7. The molecule has 4 nitrogen and oxygen atoms in total. The molecule has 1 aliphatic rings. The fourth-order valence-corrected chi connectivity index (χ4v) is 3.60. The molecule has 1 aromatic carbocycles. The van der Waals surface area contributed by atoms with Crippen molar-refractivity contribution in [1.29, 1.82) is 0 Å². The minimum atomic E-state index is -1.73. The molecule has 20 heavy (non-hydrogen) atoms. The van der Waals surface area contributed by atoms with Crippen LogP contribution < -0.4 is 4.67 Å². The van der Waals surface area contributed by atoms with Gasteiger partial charge in [0.2, 0.25) is 0 Å². The smallest absolute Gasteiger partial charge is 0.176 e. The van der Waals surface area contributed by atoms with E-state index in [1.54, 1.807) is 0 Å². The van der Waals surface area contributed by atoms with Gasteiger partial charge in [-0.25, -0.2) is 0 Å². The molecule has 0 aliphatic heterocycles. The summed E-state index contributed by atoms with van der Waals surface area (Å²) in [6.07, 6.45) is 0.677. The van der Waals surface area contributed by atoms with Crippen molar-refractivity contribution in [2.24, 2.45) is 5.10 Å². The molecule has 0 saturated heterocycles. The number of rotatable bonds is 3. The van der Waals surface area contributed by atoms with Crippen molar-refractivity contribution in [3.05, 3.63) is 30.3 Å². The third kappa shape index (κ3) is 3.63. The molecule has 0 N–H and O–H groups in total. The number of benzene rings is 1. The molecule has 0 radical (unpaired) electrons. The Morgan fingerprint density at radius 2 is 1.50 bits per heavy atom. The zero-order chi connectivity index (χ0) is 14.8. The Bertz CT molecular complexity index is 529. The first-order chi connectivity index (χ1) is 9.36. The number of para-hydroxylation sites is 1. The minimum Gasteiger partial charge on any atom is -0.299 e. The van der Waals surface area contributed by atoms with Gasteiger partial charge in [-0.15, -0.1) is 0 Å². The zero-order valence-corrected chi connectivity index (χ0v) is 13.2. The minimum absolute atomic E-state index is 0.0245. The van der Waals surface area contributed by atoms with Crippen LogP contribution in [0.2, 0.25) is 19.6 Å². The summed E-state index contributed by atoms with van der Waals surface area (Å²) in [5, 5.41) is 4.65. The maximum Gasteiger partial charge on any atom is 0.176 e. The average Bonchev–Trinajstić information content (AvgIpc) is 2.34. The predicted molar refractivity (Wildman–Crippen MR) is 83.6 cm³/mol. The molecule has 0 heterocycles. The molecule has 0 amide bonds. The fraction of sp³-hybridized carbons (Fsp3) is 0.400. The van der Waals surface area contributed by atoms with Gasteiger partial charge < -0.3 is 0 Å². The Kier molecular flexibility index (Phi) is 4.18. The van der Waals surface area contributed by atoms with Crippen molar-refractivity contribution < 1.29 is 9.59 Å². The van der Waals surface area contributed by atoms with Crippen LogP contribution in [0.1, 0.15) is 19.3 Å². The summed E-state index contributed by atoms with van der Waals surface area (Å²) in [6.45, 7) is 6.57. The zero-order valence-electron chi connectivity index (χ0n) is 12.2. The number of Topliss-reactive ketones (excluding diaryl/α,β-unsaturated/α-hetero) is 2. The number of carbonyl (C=O) groups excluding carboxylic acids is 2. The van der Waals surface area contributed by atoms with Crippen LogP contribution in [0.5, 0.6) is 0 Å². The third-order valence-corrected chi connectivity index (χ3v) is 4.70. The number of hydrogen-bond acceptors (Lipinski definition) is 4. The van der Waals surface area contributed by atoms with E-state index in [9.17, 15) is 9.59 Å². The Balaban J connectivity index is 2.34. The number of ketones is 2. The first-order valence-electron chi connectivity index (χ1n) is 6.81. The highest BCUT2D eigenvalue weighted by molar-refractivity contribution is 6.79. The molecule has 0 atom stereocenters. The van der Waals surface area contributed by atoms with Gasteiger partial charge in [-0.05, 0) is 31.8 Å². The van der Waals surface area contributed by atoms with Crippen LogP contribution in [0.4, 0.5) is 5.69 Å². The lowest BCUT2D eigenvalue weighted by atomic mass is 9.96. The summed E-state index contributed by atoms with van der Waals surface area (Å²) in [4.78, 5) is 23.1. The maximum absolute atomic E-state index is 11.5. The highest BCUT2D eigenvalue weighted by Gasteiger charge is 2.27. The van der Waals surface area contributed by atoms with E-state index >= 15 is 0 Å². The highest BCUT2D eigenvalue weighted by atomic mass is 28.3. The SMILES string of the molecule is C[Si](C)(C)N(N=C1CC(=O)CC(=O)C1)c1ccccc1. The molecule has 106 valence electrons. The third-order valence-electron chi connectivity index (χ3n) is 3.07. The number of hydrazone groups is 1. The van der Waals surface area contributed by atoms with Gasteiger partial charge in [0, 0.05) is 18.5 Å². The molecule has 1 aromatic rings. The highest BCUT2D eigenvalue weighted by Crippen LogP contribution is 2.23. The first-order valence-corrected chi connectivity index (χ1v) is 10.3. The van der Waals surface area contributed by atoms with Gasteiger partial charge in [-0.1, -0.05) is 18.2 Å². The van der Waals surface area contributed by atoms with E-state index in [4.69, 9.17) is 0 Å². The number of nitrogens with zero attached hydrogens (tertiary/aromatic N) is 2. The number of anilines is 1. The standard InChI is InChI=1S/C15H20N2O2Si/c1-20(2,3)17(13-7-5-4-6-8-13)16-12-9-14(18)11-15(19)10-12/h4-8H,9-11H2,1-3H3. The fourth-order valence-electron chi connectivity index (χ4n) is 2.24. The van der Waals surface area contributed by atoms with E-state index in [-0.39, 0.29) is 18.0 Å². The molecule has 0 unspecified atom stereocenters. The Hall–Kier alpha value is -1.75. The summed E-state index contributed by atoms with van der Waals surface area (Å²) >= 11 is 0. The van der Waals surface area contributed by atoms with Crippen LogP contribution >= 0.6 is 0 Å². The van der Waals surface area contributed by atoms with E-state index in [1.165, 1.54) is 0 Å². The van der Waals surface area contributed by atoms with Gasteiger partial charge in [0.25, 0.3) is 0 Å². The molecule has 5 heteroatoms. The lowest BCUT2D eigenvalue weighted by Crippen LogP contribution is -2.43. The normalized spacial score (nSPS) is 16.2. The Labute approximate surface area is 120 Å². The molecule has 0 spiro atoms. The van der Waals surface area contributed by atoms with Gasteiger partial charge in [-0.2, -0.15) is 5.10 Å². The molecule has 1 saturated carbocycles. The largest absolute Gasteiger partial charge is 0.299 e. The van der Waals surface area contributed by atoms with E-state index in [2.05, 4.69) is 24.7 Å². The lowest BCUT2D eigenvalue weighted by Gasteiger charge is -2.32. The monoisotopic (exact) mass is 288 g/mol. The second-order valence-electron chi connectivity index (χ2n) is 6.09. The quantitative estimate of drug-likeness (QED) is 0.488. The molecule has 2 rings (SSSR count). The Morgan fingerprint density at radius 1 is 0.950 bits per heavy atom. The maximum atomic E-state index is 11.5. The van der Waals surface area contributed by atoms with Crippen LogP contribution in [-0.4, -0.2) is 25.5 Å². The molecule has 0 aromatic heterocycles. The topological polar surface area (TPSA) is 49.7 Å². The predicted octanol–water partition coefficient (Wildman–Crippen LogP) is 3.01. The van der Waals surface area contributed by atoms with Crippen molar-refractivity contribution >= 4 is 31.2 Å². The van der Waals surface area contributed by atoms with Crippen molar-refractivity contribution in [1.82, 2.24) is 0 Å². The second-order valence-corrected chi connectivity index (χ2v) is 10.9. The summed E-state index contributed by atoms with van der Waals surface area (Å²) in [6, 6.07) is 9.93. The number of carbonyl (C=O) groups is 2. The van der Waals surface area contributed by atoms with Crippen molar-refractivity contribution in [3.8, 4) is 0 Å². The molecule has 1 aliphatic carbocycles. The van der Waals surface area contributed by atoms with E-state index in [0.717, 1.165) is 5.69 Å². The van der Waals surface area contributed by atoms with Crippen LogP contribution in [0, 0.1) is 0 Å². The summed E-state index contributed by atoms with van der Waals surface area (Å²) in [5.41, 5.74) is 1.71. The summed E-state index contributed by atoms with van der Waals surface area (Å²) in [7, 11) is -1.73. The molecular weight excluding hydrogens is 268 g/mol. The van der Waals surface area contributed by atoms with Crippen molar-refractivity contribution in [2.45, 2.75) is 38.9 Å². The molecule has 0 bridgehead atoms. The van der Waals surface area contributed by atoms with Gasteiger partial charge in [0.1, 0.15) is 11.6 Å². The van der Waals surface area contributed by atoms with Crippen LogP contribution in [0.25, 0.3) is 0 Å². The Morgan fingerprint density at radius 3 is 2.00 bits per heavy atom. The second kappa shape index (κ2) is 5.71. The van der Waals surface area contributed by atoms with Crippen LogP contribution in [0.3, 0.4) is 0 Å². The molecule has 1 fully saturated rings. The van der Waals surface area contributed by atoms with Crippen molar-refractivity contribution in [2.75, 3.05) is 4.67 Å². The van der Waals surface area contributed by atoms with Gasteiger partial charge in [0.05, 0.1) is 12.1 Å². The van der Waals surface area contributed by atoms with Crippen molar-refractivity contribution in [3.63, 3.8) is 0 Å². The van der Waals surface area contributed by atoms with E-state index in [0.29, 0.717) is 18.6 Å². The van der Waals surface area contributed by atoms with Gasteiger partial charge >= 0.3 is 0 Å².